The third-order valence-electron chi connectivity index (χ3n) is 2.14. The summed E-state index contributed by atoms with van der Waals surface area (Å²) in [6, 6.07) is 6.06. The lowest BCUT2D eigenvalue weighted by atomic mass is 10.3. The normalized spacial score (nSPS) is 11.2. The number of halogens is 1. The van der Waals surface area contributed by atoms with Crippen LogP contribution < -0.4 is 4.72 Å². The van der Waals surface area contributed by atoms with Gasteiger partial charge in [-0.3, -0.25) is 9.71 Å². The van der Waals surface area contributed by atoms with Crippen LogP contribution in [-0.4, -0.2) is 18.5 Å². The van der Waals surface area contributed by atoms with E-state index in [4.69, 9.17) is 5.11 Å². The van der Waals surface area contributed by atoms with Crippen molar-refractivity contribution in [2.75, 3.05) is 4.72 Å². The van der Waals surface area contributed by atoms with Crippen molar-refractivity contribution < 1.29 is 17.9 Å². The van der Waals surface area contributed by atoms with Crippen molar-refractivity contribution in [3.05, 3.63) is 48.5 Å². The minimum atomic E-state index is -3.80. The Balaban J connectivity index is 2.31. The van der Waals surface area contributed by atoms with E-state index in [1.54, 1.807) is 0 Å². The number of sulfonamides is 1. The van der Waals surface area contributed by atoms with Crippen molar-refractivity contribution in [1.82, 2.24) is 4.98 Å². The average Bonchev–Trinajstić information content (AvgIpc) is 2.35. The zero-order chi connectivity index (χ0) is 13.2. The number of aromatic hydroxyl groups is 1. The maximum absolute atomic E-state index is 13.1. The molecule has 0 atom stereocenters. The second-order valence-corrected chi connectivity index (χ2v) is 5.14. The summed E-state index contributed by atoms with van der Waals surface area (Å²) in [5.41, 5.74) is 0.0224. The van der Waals surface area contributed by atoms with Gasteiger partial charge in [0.2, 0.25) is 0 Å². The third kappa shape index (κ3) is 2.57. The Labute approximate surface area is 103 Å². The van der Waals surface area contributed by atoms with Gasteiger partial charge in [-0.2, -0.15) is 0 Å². The Kier molecular flexibility index (Phi) is 3.15. The molecular formula is C11H9FN2O3S. The summed E-state index contributed by atoms with van der Waals surface area (Å²) in [6.45, 7) is 0. The highest BCUT2D eigenvalue weighted by molar-refractivity contribution is 7.92. The van der Waals surface area contributed by atoms with E-state index in [1.165, 1.54) is 30.6 Å². The van der Waals surface area contributed by atoms with Crippen molar-refractivity contribution in [2.45, 2.75) is 4.90 Å². The van der Waals surface area contributed by atoms with Crippen molar-refractivity contribution in [1.29, 1.82) is 0 Å². The number of anilines is 1. The number of pyridine rings is 1. The predicted octanol–water partition coefficient (Wildman–Crippen LogP) is 1.73. The number of phenolic OH excluding ortho intramolecular Hbond substituents is 1. The van der Waals surface area contributed by atoms with E-state index in [1.807, 2.05) is 0 Å². The third-order valence-corrected chi connectivity index (χ3v) is 3.51. The largest absolute Gasteiger partial charge is 0.505 e. The molecule has 0 aliphatic rings. The molecule has 0 saturated carbocycles. The average molecular weight is 268 g/mol. The van der Waals surface area contributed by atoms with E-state index in [0.717, 1.165) is 12.1 Å². The summed E-state index contributed by atoms with van der Waals surface area (Å²) in [7, 11) is -3.80. The lowest BCUT2D eigenvalue weighted by Crippen LogP contribution is -2.13. The van der Waals surface area contributed by atoms with Gasteiger partial charge in [0.25, 0.3) is 10.0 Å². The van der Waals surface area contributed by atoms with Crippen LogP contribution in [0.1, 0.15) is 0 Å². The highest BCUT2D eigenvalue weighted by Gasteiger charge is 2.14. The molecule has 1 aromatic carbocycles. The number of aromatic nitrogens is 1. The Bertz CT molecular complexity index is 659. The van der Waals surface area contributed by atoms with Crippen molar-refractivity contribution in [3.63, 3.8) is 0 Å². The molecule has 0 amide bonds. The molecule has 1 aromatic heterocycles. The van der Waals surface area contributed by atoms with Crippen LogP contribution in [0, 0.1) is 5.82 Å². The molecular weight excluding hydrogens is 259 g/mol. The highest BCUT2D eigenvalue weighted by atomic mass is 32.2. The first kappa shape index (κ1) is 12.3. The van der Waals surface area contributed by atoms with Crippen LogP contribution >= 0.6 is 0 Å². The number of hydrogen-bond donors (Lipinski definition) is 2. The Morgan fingerprint density at radius 2 is 2.06 bits per heavy atom. The molecule has 2 N–H and O–H groups in total. The van der Waals surface area contributed by atoms with E-state index in [9.17, 15) is 12.8 Å². The van der Waals surface area contributed by atoms with Crippen molar-refractivity contribution in [2.24, 2.45) is 0 Å². The van der Waals surface area contributed by atoms with Gasteiger partial charge in [0.15, 0.2) is 11.6 Å². The Morgan fingerprint density at radius 3 is 2.67 bits per heavy atom. The molecule has 2 aromatic rings. The van der Waals surface area contributed by atoms with Crippen LogP contribution in [0.15, 0.2) is 47.6 Å². The molecule has 0 aliphatic heterocycles. The first-order valence-corrected chi connectivity index (χ1v) is 6.39. The fourth-order valence-corrected chi connectivity index (χ4v) is 2.30. The minimum absolute atomic E-state index is 0.0224. The molecule has 2 rings (SSSR count). The van der Waals surface area contributed by atoms with Crippen LogP contribution in [0.5, 0.6) is 5.75 Å². The monoisotopic (exact) mass is 268 g/mol. The summed E-state index contributed by atoms with van der Waals surface area (Å²) >= 11 is 0. The summed E-state index contributed by atoms with van der Waals surface area (Å²) in [6.07, 6.45) is 2.62. The van der Waals surface area contributed by atoms with Gasteiger partial charge in [-0.25, -0.2) is 12.8 Å². The topological polar surface area (TPSA) is 79.3 Å². The molecule has 0 saturated heterocycles. The number of hydrogen-bond acceptors (Lipinski definition) is 4. The SMILES string of the molecule is O=S(=O)(Nc1ccc(O)c(F)c1)c1cccnc1. The fraction of sp³-hybridized carbons (Fsp3) is 0. The summed E-state index contributed by atoms with van der Waals surface area (Å²) < 4.78 is 39.0. The van der Waals surface area contributed by atoms with Crippen LogP contribution in [0.2, 0.25) is 0 Å². The van der Waals surface area contributed by atoms with Gasteiger partial charge in [-0.05, 0) is 24.3 Å². The smallest absolute Gasteiger partial charge is 0.263 e. The first-order chi connectivity index (χ1) is 8.49. The summed E-state index contributed by atoms with van der Waals surface area (Å²) in [5.74, 6) is -1.44. The molecule has 1 heterocycles. The number of benzene rings is 1. The zero-order valence-corrected chi connectivity index (χ0v) is 9.86. The zero-order valence-electron chi connectivity index (χ0n) is 9.04. The molecule has 0 aliphatic carbocycles. The van der Waals surface area contributed by atoms with Gasteiger partial charge in [-0.15, -0.1) is 0 Å². The van der Waals surface area contributed by atoms with Crippen molar-refractivity contribution >= 4 is 15.7 Å². The van der Waals surface area contributed by atoms with E-state index in [-0.39, 0.29) is 10.6 Å². The lowest BCUT2D eigenvalue weighted by Gasteiger charge is -2.07. The fourth-order valence-electron chi connectivity index (χ4n) is 1.29. The van der Waals surface area contributed by atoms with Crippen LogP contribution in [-0.2, 0) is 10.0 Å². The standard InChI is InChI=1S/C11H9FN2O3S/c12-10-6-8(3-4-11(10)15)14-18(16,17)9-2-1-5-13-7-9/h1-7,14-15H. The molecule has 94 valence electrons. The number of rotatable bonds is 3. The first-order valence-electron chi connectivity index (χ1n) is 4.90. The molecule has 0 radical (unpaired) electrons. The molecule has 0 spiro atoms. The maximum Gasteiger partial charge on any atom is 0.263 e. The Hall–Kier alpha value is -2.15. The number of nitrogens with zero attached hydrogens (tertiary/aromatic N) is 1. The van der Waals surface area contributed by atoms with E-state index in [2.05, 4.69) is 9.71 Å². The Morgan fingerprint density at radius 1 is 1.28 bits per heavy atom. The molecule has 7 heteroatoms. The summed E-state index contributed by atoms with van der Waals surface area (Å²) in [4.78, 5) is 3.66. The van der Waals surface area contributed by atoms with Crippen LogP contribution in [0.4, 0.5) is 10.1 Å². The van der Waals surface area contributed by atoms with Gasteiger partial charge in [-0.1, -0.05) is 0 Å². The second-order valence-electron chi connectivity index (χ2n) is 3.46. The number of nitrogens with one attached hydrogen (secondary N) is 1. The molecule has 0 unspecified atom stereocenters. The van der Waals surface area contributed by atoms with Gasteiger partial charge < -0.3 is 5.11 Å². The molecule has 5 nitrogen and oxygen atoms in total. The second kappa shape index (κ2) is 4.61. The van der Waals surface area contributed by atoms with Gasteiger partial charge in [0, 0.05) is 18.5 Å². The summed E-state index contributed by atoms with van der Waals surface area (Å²) in [5, 5.41) is 9.00. The van der Waals surface area contributed by atoms with Crippen molar-refractivity contribution in [3.8, 4) is 5.75 Å². The molecule has 18 heavy (non-hydrogen) atoms. The van der Waals surface area contributed by atoms with E-state index >= 15 is 0 Å². The van der Waals surface area contributed by atoms with Gasteiger partial charge >= 0.3 is 0 Å². The quantitative estimate of drug-likeness (QED) is 0.831. The maximum atomic E-state index is 13.1. The van der Waals surface area contributed by atoms with Gasteiger partial charge in [0.05, 0.1) is 5.69 Å². The molecule has 0 bridgehead atoms. The van der Waals surface area contributed by atoms with Crippen LogP contribution in [0.25, 0.3) is 0 Å². The van der Waals surface area contributed by atoms with Gasteiger partial charge in [0.1, 0.15) is 4.90 Å². The highest BCUT2D eigenvalue weighted by Crippen LogP contribution is 2.21. The van der Waals surface area contributed by atoms with E-state index < -0.39 is 21.6 Å². The minimum Gasteiger partial charge on any atom is -0.505 e. The van der Waals surface area contributed by atoms with E-state index in [0.29, 0.717) is 0 Å². The predicted molar refractivity (Wildman–Crippen MR) is 63.1 cm³/mol. The number of phenols is 1. The molecule has 0 fully saturated rings. The lowest BCUT2D eigenvalue weighted by molar-refractivity contribution is 0.432. The van der Waals surface area contributed by atoms with Crippen LogP contribution in [0.3, 0.4) is 0 Å².